The first kappa shape index (κ1) is 15.8. The number of ether oxygens (including phenoxy) is 2. The molecule has 0 saturated carbocycles. The average molecular weight is 288 g/mol. The van der Waals surface area contributed by atoms with Crippen molar-refractivity contribution in [2.45, 2.75) is 13.0 Å². The van der Waals surface area contributed by atoms with Crippen LogP contribution in [0.5, 0.6) is 5.75 Å². The normalized spacial score (nSPS) is 10.4. The van der Waals surface area contributed by atoms with Gasteiger partial charge in [0.15, 0.2) is 6.61 Å². The fraction of sp³-hybridized carbons (Fsp3) is 0.462. The van der Waals surface area contributed by atoms with E-state index in [0.717, 1.165) is 18.5 Å². The number of hydrogen-bond donors (Lipinski definition) is 2. The average Bonchev–Trinajstić information content (AvgIpc) is 2.37. The molecule has 0 aliphatic heterocycles. The first-order valence-corrected chi connectivity index (χ1v) is 6.34. The molecule has 1 rings (SSSR count). The molecule has 1 aromatic rings. The first-order valence-electron chi connectivity index (χ1n) is 5.96. The molecule has 6 heteroatoms. The van der Waals surface area contributed by atoms with Crippen LogP contribution in [0.2, 0.25) is 5.02 Å². The maximum absolute atomic E-state index is 10.5. The van der Waals surface area contributed by atoms with Gasteiger partial charge < -0.3 is 19.9 Å². The fourth-order valence-corrected chi connectivity index (χ4v) is 1.73. The Morgan fingerprint density at radius 2 is 2.26 bits per heavy atom. The van der Waals surface area contributed by atoms with Gasteiger partial charge in [0.1, 0.15) is 5.75 Å². The Morgan fingerprint density at radius 3 is 2.95 bits per heavy atom. The monoisotopic (exact) mass is 287 g/mol. The highest BCUT2D eigenvalue weighted by Crippen LogP contribution is 2.22. The molecule has 0 atom stereocenters. The van der Waals surface area contributed by atoms with Gasteiger partial charge in [-0.05, 0) is 31.2 Å². The van der Waals surface area contributed by atoms with E-state index in [1.807, 2.05) is 0 Å². The summed E-state index contributed by atoms with van der Waals surface area (Å²) >= 11 is 5.92. The summed E-state index contributed by atoms with van der Waals surface area (Å²) in [5, 5.41) is 12.4. The third kappa shape index (κ3) is 6.42. The van der Waals surface area contributed by atoms with E-state index in [1.54, 1.807) is 25.3 Å². The number of rotatable bonds is 9. The zero-order valence-corrected chi connectivity index (χ0v) is 11.6. The molecule has 0 aliphatic carbocycles. The molecule has 1 aromatic carbocycles. The molecule has 2 N–H and O–H groups in total. The number of carboxylic acids is 1. The van der Waals surface area contributed by atoms with Crippen molar-refractivity contribution in [3.8, 4) is 5.75 Å². The number of hydrogen-bond acceptors (Lipinski definition) is 4. The Kier molecular flexibility index (Phi) is 7.25. The van der Waals surface area contributed by atoms with Crippen molar-refractivity contribution in [1.29, 1.82) is 0 Å². The minimum Gasteiger partial charge on any atom is -0.482 e. The molecule has 0 unspecified atom stereocenters. The SMILES string of the molecule is COCCCNCc1cc(Cl)ccc1OCC(=O)O. The summed E-state index contributed by atoms with van der Waals surface area (Å²) in [6.07, 6.45) is 0.905. The molecule has 0 aromatic heterocycles. The maximum Gasteiger partial charge on any atom is 0.341 e. The molecule has 0 aliphatic rings. The molecule has 0 fully saturated rings. The van der Waals surface area contributed by atoms with Crippen LogP contribution in [0.1, 0.15) is 12.0 Å². The lowest BCUT2D eigenvalue weighted by atomic mass is 10.2. The second kappa shape index (κ2) is 8.74. The third-order valence-corrected chi connectivity index (χ3v) is 2.63. The zero-order valence-electron chi connectivity index (χ0n) is 10.8. The third-order valence-electron chi connectivity index (χ3n) is 2.39. The Labute approximate surface area is 117 Å². The summed E-state index contributed by atoms with van der Waals surface area (Å²) in [6.45, 7) is 1.71. The van der Waals surface area contributed by atoms with E-state index >= 15 is 0 Å². The van der Waals surface area contributed by atoms with Gasteiger partial charge in [0.2, 0.25) is 0 Å². The summed E-state index contributed by atoms with van der Waals surface area (Å²) in [5.41, 5.74) is 0.839. The van der Waals surface area contributed by atoms with E-state index in [0.29, 0.717) is 23.9 Å². The van der Waals surface area contributed by atoms with Crippen LogP contribution < -0.4 is 10.1 Å². The fourth-order valence-electron chi connectivity index (χ4n) is 1.53. The topological polar surface area (TPSA) is 67.8 Å². The number of carbonyl (C=O) groups is 1. The van der Waals surface area contributed by atoms with Crippen LogP contribution in [0.25, 0.3) is 0 Å². The quantitative estimate of drug-likeness (QED) is 0.679. The van der Waals surface area contributed by atoms with Gasteiger partial charge in [-0.2, -0.15) is 0 Å². The van der Waals surface area contributed by atoms with Crippen molar-refractivity contribution < 1.29 is 19.4 Å². The molecular formula is C13H18ClNO4. The van der Waals surface area contributed by atoms with Gasteiger partial charge in [0.05, 0.1) is 0 Å². The highest BCUT2D eigenvalue weighted by Gasteiger charge is 2.06. The van der Waals surface area contributed by atoms with Gasteiger partial charge in [-0.15, -0.1) is 0 Å². The molecular weight excluding hydrogens is 270 g/mol. The number of aliphatic carboxylic acids is 1. The van der Waals surface area contributed by atoms with Gasteiger partial charge >= 0.3 is 5.97 Å². The highest BCUT2D eigenvalue weighted by molar-refractivity contribution is 6.30. The summed E-state index contributed by atoms with van der Waals surface area (Å²) in [4.78, 5) is 10.5. The van der Waals surface area contributed by atoms with Gasteiger partial charge in [-0.1, -0.05) is 11.6 Å². The molecule has 0 radical (unpaired) electrons. The molecule has 0 saturated heterocycles. The maximum atomic E-state index is 10.5. The second-order valence-corrected chi connectivity index (χ2v) is 4.39. The van der Waals surface area contributed by atoms with E-state index < -0.39 is 5.97 Å². The lowest BCUT2D eigenvalue weighted by molar-refractivity contribution is -0.139. The molecule has 0 amide bonds. The number of halogens is 1. The van der Waals surface area contributed by atoms with Crippen molar-refractivity contribution in [2.75, 3.05) is 26.9 Å². The van der Waals surface area contributed by atoms with Crippen LogP contribution in [-0.2, 0) is 16.1 Å². The Bertz CT molecular complexity index is 412. The second-order valence-electron chi connectivity index (χ2n) is 3.96. The van der Waals surface area contributed by atoms with Crippen LogP contribution >= 0.6 is 11.6 Å². The number of carboxylic acid groups (broad SMARTS) is 1. The van der Waals surface area contributed by atoms with Crippen LogP contribution in [0, 0.1) is 0 Å². The summed E-state index contributed by atoms with van der Waals surface area (Å²) in [6, 6.07) is 5.12. The highest BCUT2D eigenvalue weighted by atomic mass is 35.5. The standard InChI is InChI=1S/C13H18ClNO4/c1-18-6-2-5-15-8-10-7-11(14)3-4-12(10)19-9-13(16)17/h3-4,7,15H,2,5-6,8-9H2,1H3,(H,16,17). The number of nitrogens with one attached hydrogen (secondary N) is 1. The minimum absolute atomic E-state index is 0.363. The van der Waals surface area contributed by atoms with Crippen molar-refractivity contribution in [2.24, 2.45) is 0 Å². The molecule has 19 heavy (non-hydrogen) atoms. The summed E-state index contributed by atoms with van der Waals surface area (Å²) in [7, 11) is 1.66. The van der Waals surface area contributed by atoms with Crippen molar-refractivity contribution in [3.63, 3.8) is 0 Å². The molecule has 0 heterocycles. The summed E-state index contributed by atoms with van der Waals surface area (Å²) < 4.78 is 10.2. The van der Waals surface area contributed by atoms with Crippen LogP contribution in [-0.4, -0.2) is 37.9 Å². The zero-order chi connectivity index (χ0) is 14.1. The number of benzene rings is 1. The van der Waals surface area contributed by atoms with E-state index in [-0.39, 0.29) is 6.61 Å². The Morgan fingerprint density at radius 1 is 1.47 bits per heavy atom. The Balaban J connectivity index is 2.53. The molecule has 0 bridgehead atoms. The van der Waals surface area contributed by atoms with E-state index in [9.17, 15) is 4.79 Å². The van der Waals surface area contributed by atoms with Gasteiger partial charge in [0, 0.05) is 30.8 Å². The largest absolute Gasteiger partial charge is 0.482 e. The van der Waals surface area contributed by atoms with E-state index in [1.165, 1.54) is 0 Å². The van der Waals surface area contributed by atoms with Crippen molar-refractivity contribution in [3.05, 3.63) is 28.8 Å². The Hall–Kier alpha value is -1.30. The van der Waals surface area contributed by atoms with Crippen molar-refractivity contribution >= 4 is 17.6 Å². The smallest absolute Gasteiger partial charge is 0.341 e. The minimum atomic E-state index is -1.01. The summed E-state index contributed by atoms with van der Waals surface area (Å²) in [5.74, 6) is -0.472. The van der Waals surface area contributed by atoms with E-state index in [2.05, 4.69) is 5.32 Å². The predicted octanol–water partition coefficient (Wildman–Crippen LogP) is 1.93. The van der Waals surface area contributed by atoms with E-state index in [4.69, 9.17) is 26.2 Å². The number of methoxy groups -OCH3 is 1. The van der Waals surface area contributed by atoms with Crippen LogP contribution in [0.4, 0.5) is 0 Å². The lowest BCUT2D eigenvalue weighted by Gasteiger charge is -2.11. The molecule has 0 spiro atoms. The lowest BCUT2D eigenvalue weighted by Crippen LogP contribution is -2.17. The van der Waals surface area contributed by atoms with Gasteiger partial charge in [-0.3, -0.25) is 0 Å². The van der Waals surface area contributed by atoms with Crippen LogP contribution in [0.15, 0.2) is 18.2 Å². The first-order chi connectivity index (χ1) is 9.13. The molecule has 106 valence electrons. The predicted molar refractivity (Wildman–Crippen MR) is 72.8 cm³/mol. The van der Waals surface area contributed by atoms with Gasteiger partial charge in [-0.25, -0.2) is 4.79 Å². The van der Waals surface area contributed by atoms with Crippen molar-refractivity contribution in [1.82, 2.24) is 5.32 Å². The van der Waals surface area contributed by atoms with Gasteiger partial charge in [0.25, 0.3) is 0 Å². The van der Waals surface area contributed by atoms with Crippen LogP contribution in [0.3, 0.4) is 0 Å². The molecule has 5 nitrogen and oxygen atoms in total.